The molecule has 2 rings (SSSR count). The molecule has 0 aromatic heterocycles. The number of anilines is 1. The van der Waals surface area contributed by atoms with Gasteiger partial charge in [0.1, 0.15) is 11.4 Å². The highest BCUT2D eigenvalue weighted by molar-refractivity contribution is 9.11. The van der Waals surface area contributed by atoms with Crippen LogP contribution in [0.25, 0.3) is 0 Å². The summed E-state index contributed by atoms with van der Waals surface area (Å²) in [5.74, 6) is -0.652. The Bertz CT molecular complexity index is 758. The minimum atomic E-state index is -0.523. The van der Waals surface area contributed by atoms with Gasteiger partial charge in [-0.25, -0.2) is 9.18 Å². The normalized spacial score (nSPS) is 16.7. The molecule has 1 N–H and O–H groups in total. The molecule has 28 heavy (non-hydrogen) atoms. The summed E-state index contributed by atoms with van der Waals surface area (Å²) < 4.78 is 19.8. The third kappa shape index (κ3) is 6.45. The van der Waals surface area contributed by atoms with Crippen LogP contribution in [0, 0.1) is 29.0 Å². The molecule has 1 aromatic rings. The number of nitriles is 1. The van der Waals surface area contributed by atoms with Gasteiger partial charge >= 0.3 is 6.09 Å². The second-order valence-electron chi connectivity index (χ2n) is 7.59. The van der Waals surface area contributed by atoms with Gasteiger partial charge in [-0.3, -0.25) is 5.43 Å². The number of halogens is 3. The standard InChI is InChI=1S/C19H23Br2FN4O2/c1-19(2,3)28-18(27)26-6-4-12(5-7-26)13(10-23)11-24-25-17-15(20)8-14(22)9-16(17)21/h8-9,11-13,25H,4-7H2,1-3H3. The van der Waals surface area contributed by atoms with E-state index in [4.69, 9.17) is 4.74 Å². The average Bonchev–Trinajstić information content (AvgIpc) is 2.59. The highest BCUT2D eigenvalue weighted by atomic mass is 79.9. The lowest BCUT2D eigenvalue weighted by Crippen LogP contribution is -2.42. The van der Waals surface area contributed by atoms with E-state index in [9.17, 15) is 14.4 Å². The van der Waals surface area contributed by atoms with Gasteiger partial charge in [0.05, 0.1) is 17.7 Å². The molecule has 0 radical (unpaired) electrons. The Morgan fingerprint density at radius 1 is 1.39 bits per heavy atom. The summed E-state index contributed by atoms with van der Waals surface area (Å²) >= 11 is 6.56. The van der Waals surface area contributed by atoms with Crippen molar-refractivity contribution in [1.29, 1.82) is 5.26 Å². The van der Waals surface area contributed by atoms with E-state index in [0.29, 0.717) is 40.6 Å². The van der Waals surface area contributed by atoms with Gasteiger partial charge in [0.2, 0.25) is 0 Å². The number of nitrogens with one attached hydrogen (secondary N) is 1. The van der Waals surface area contributed by atoms with E-state index in [-0.39, 0.29) is 23.7 Å². The summed E-state index contributed by atoms with van der Waals surface area (Å²) in [7, 11) is 0. The van der Waals surface area contributed by atoms with E-state index >= 15 is 0 Å². The molecule has 1 fully saturated rings. The van der Waals surface area contributed by atoms with Crippen molar-refractivity contribution in [2.24, 2.45) is 16.9 Å². The van der Waals surface area contributed by atoms with Crippen molar-refractivity contribution >= 4 is 49.9 Å². The molecule has 0 saturated carbocycles. The van der Waals surface area contributed by atoms with Crippen molar-refractivity contribution < 1.29 is 13.9 Å². The van der Waals surface area contributed by atoms with Crippen molar-refractivity contribution in [2.75, 3.05) is 18.5 Å². The number of rotatable bonds is 4. The van der Waals surface area contributed by atoms with Crippen molar-refractivity contribution in [1.82, 2.24) is 4.90 Å². The Morgan fingerprint density at radius 2 is 1.96 bits per heavy atom. The summed E-state index contributed by atoms with van der Waals surface area (Å²) in [5.41, 5.74) is 2.89. The molecule has 0 spiro atoms. The first-order valence-corrected chi connectivity index (χ1v) is 10.5. The topological polar surface area (TPSA) is 77.7 Å². The van der Waals surface area contributed by atoms with Crippen LogP contribution in [0.2, 0.25) is 0 Å². The van der Waals surface area contributed by atoms with Crippen LogP contribution in [0.5, 0.6) is 0 Å². The van der Waals surface area contributed by atoms with Crippen LogP contribution in [-0.2, 0) is 4.74 Å². The fourth-order valence-corrected chi connectivity index (χ4v) is 4.17. The third-order valence-corrected chi connectivity index (χ3v) is 5.52. The number of likely N-dealkylation sites (tertiary alicyclic amines) is 1. The maximum atomic E-state index is 13.3. The molecule has 1 heterocycles. The Kier molecular flexibility index (Phi) is 7.84. The number of hydrazone groups is 1. The first-order chi connectivity index (χ1) is 13.1. The van der Waals surface area contributed by atoms with Gasteiger partial charge < -0.3 is 9.64 Å². The highest BCUT2D eigenvalue weighted by Gasteiger charge is 2.30. The molecule has 6 nitrogen and oxygen atoms in total. The molecule has 1 atom stereocenters. The van der Waals surface area contributed by atoms with Crippen LogP contribution in [-0.4, -0.2) is 35.9 Å². The Labute approximate surface area is 181 Å². The zero-order chi connectivity index (χ0) is 20.9. The van der Waals surface area contributed by atoms with Gasteiger partial charge in [-0.2, -0.15) is 10.4 Å². The number of hydrogen-bond donors (Lipinski definition) is 1. The van der Waals surface area contributed by atoms with E-state index in [2.05, 4.69) is 48.5 Å². The lowest BCUT2D eigenvalue weighted by molar-refractivity contribution is 0.0179. The molecule has 0 aliphatic carbocycles. The maximum absolute atomic E-state index is 13.3. The lowest BCUT2D eigenvalue weighted by Gasteiger charge is -2.34. The molecule has 0 bridgehead atoms. The molecule has 1 unspecified atom stereocenters. The van der Waals surface area contributed by atoms with E-state index in [1.165, 1.54) is 12.1 Å². The van der Waals surface area contributed by atoms with Crippen LogP contribution in [0.3, 0.4) is 0 Å². The van der Waals surface area contributed by atoms with Crippen LogP contribution < -0.4 is 5.43 Å². The van der Waals surface area contributed by atoms with Crippen molar-refractivity contribution in [3.05, 3.63) is 26.9 Å². The largest absolute Gasteiger partial charge is 0.444 e. The molecule has 1 aliphatic heterocycles. The van der Waals surface area contributed by atoms with Crippen LogP contribution in [0.15, 0.2) is 26.2 Å². The first-order valence-electron chi connectivity index (χ1n) is 8.92. The van der Waals surface area contributed by atoms with Gasteiger partial charge in [-0.05, 0) is 83.5 Å². The van der Waals surface area contributed by atoms with Gasteiger partial charge in [-0.15, -0.1) is 0 Å². The van der Waals surface area contributed by atoms with Crippen molar-refractivity contribution in [2.45, 2.75) is 39.2 Å². The van der Waals surface area contributed by atoms with E-state index in [1.54, 1.807) is 11.1 Å². The monoisotopic (exact) mass is 516 g/mol. The van der Waals surface area contributed by atoms with Crippen molar-refractivity contribution in [3.8, 4) is 6.07 Å². The Balaban J connectivity index is 1.92. The van der Waals surface area contributed by atoms with E-state index in [1.807, 2.05) is 20.8 Å². The second-order valence-corrected chi connectivity index (χ2v) is 9.30. The molecule has 1 saturated heterocycles. The summed E-state index contributed by atoms with van der Waals surface area (Å²) in [6.07, 6.45) is 2.65. The lowest BCUT2D eigenvalue weighted by atomic mass is 9.86. The summed E-state index contributed by atoms with van der Waals surface area (Å²) in [6.45, 7) is 6.61. The smallest absolute Gasteiger partial charge is 0.410 e. The summed E-state index contributed by atoms with van der Waals surface area (Å²) in [6, 6.07) is 4.93. The maximum Gasteiger partial charge on any atom is 0.410 e. The number of nitrogens with zero attached hydrogens (tertiary/aromatic N) is 3. The van der Waals surface area contributed by atoms with Gasteiger partial charge in [0.25, 0.3) is 0 Å². The molecular weight excluding hydrogens is 495 g/mol. The summed E-state index contributed by atoms with van der Waals surface area (Å²) in [4.78, 5) is 13.8. The molecule has 152 valence electrons. The molecule has 9 heteroatoms. The van der Waals surface area contributed by atoms with Crippen LogP contribution >= 0.6 is 31.9 Å². The zero-order valence-electron chi connectivity index (χ0n) is 16.0. The number of carbonyl (C=O) groups excluding carboxylic acids is 1. The number of ether oxygens (including phenoxy) is 1. The van der Waals surface area contributed by atoms with E-state index < -0.39 is 5.60 Å². The average molecular weight is 518 g/mol. The third-order valence-electron chi connectivity index (χ3n) is 4.27. The fraction of sp³-hybridized carbons (Fsp3) is 0.526. The van der Waals surface area contributed by atoms with Crippen LogP contribution in [0.1, 0.15) is 33.6 Å². The number of hydrogen-bond acceptors (Lipinski definition) is 5. The quantitative estimate of drug-likeness (QED) is 0.420. The fourth-order valence-electron chi connectivity index (χ4n) is 2.86. The van der Waals surface area contributed by atoms with Gasteiger partial charge in [0.15, 0.2) is 0 Å². The summed E-state index contributed by atoms with van der Waals surface area (Å²) in [5, 5.41) is 13.7. The van der Waals surface area contributed by atoms with Gasteiger partial charge in [-0.1, -0.05) is 0 Å². The molecule has 1 amide bonds. The SMILES string of the molecule is CC(C)(C)OC(=O)N1CCC(C(C#N)C=NNc2c(Br)cc(F)cc2Br)CC1. The predicted octanol–water partition coefficient (Wildman–Crippen LogP) is 5.54. The minimum Gasteiger partial charge on any atom is -0.444 e. The first kappa shape index (κ1) is 22.6. The Morgan fingerprint density at radius 3 is 2.46 bits per heavy atom. The predicted molar refractivity (Wildman–Crippen MR) is 114 cm³/mol. The minimum absolute atomic E-state index is 0.106. The highest BCUT2D eigenvalue weighted by Crippen LogP contribution is 2.32. The number of carbonyl (C=O) groups is 1. The molecular formula is C19H23Br2FN4O2. The number of benzene rings is 1. The van der Waals surface area contributed by atoms with E-state index in [0.717, 1.165) is 0 Å². The second kappa shape index (κ2) is 9.70. The van der Waals surface area contributed by atoms with Gasteiger partial charge in [0, 0.05) is 28.2 Å². The molecule has 1 aliphatic rings. The Hall–Kier alpha value is -1.66. The van der Waals surface area contributed by atoms with Crippen molar-refractivity contribution in [3.63, 3.8) is 0 Å². The number of piperidine rings is 1. The zero-order valence-corrected chi connectivity index (χ0v) is 19.2. The molecule has 1 aromatic carbocycles. The number of amides is 1. The van der Waals surface area contributed by atoms with Crippen LogP contribution in [0.4, 0.5) is 14.9 Å².